The molecule has 0 atom stereocenters. The Kier molecular flexibility index (Phi) is 8.85. The molecule has 1 N–H and O–H groups in total. The van der Waals surface area contributed by atoms with E-state index in [0.29, 0.717) is 29.7 Å². The number of unbranched alkanes of at least 4 members (excludes halogenated alkanes) is 1. The van der Waals surface area contributed by atoms with Gasteiger partial charge in [0.25, 0.3) is 5.69 Å². The maximum Gasteiger partial charge on any atom is 0.303 e. The maximum absolute atomic E-state index is 11.4. The Morgan fingerprint density at radius 1 is 1.23 bits per heavy atom. The van der Waals surface area contributed by atoms with Crippen LogP contribution in [-0.4, -0.2) is 47.5 Å². The first-order valence-electron chi connectivity index (χ1n) is 9.14. The maximum atomic E-state index is 11.4. The first-order chi connectivity index (χ1) is 14.5. The number of nitrogens with zero attached hydrogens (tertiary/aromatic N) is 3. The van der Waals surface area contributed by atoms with E-state index in [-0.39, 0.29) is 24.3 Å². The number of hydrogen-bond donors (Lipinski definition) is 1. The van der Waals surface area contributed by atoms with Gasteiger partial charge in [0.2, 0.25) is 0 Å². The van der Waals surface area contributed by atoms with Gasteiger partial charge in [0.15, 0.2) is 6.29 Å². The molecule has 0 aliphatic rings. The van der Waals surface area contributed by atoms with Crippen LogP contribution in [0.25, 0.3) is 0 Å². The van der Waals surface area contributed by atoms with Gasteiger partial charge in [-0.15, -0.1) is 0 Å². The van der Waals surface area contributed by atoms with Crippen molar-refractivity contribution in [2.45, 2.75) is 25.6 Å². The molecule has 0 saturated heterocycles. The summed E-state index contributed by atoms with van der Waals surface area (Å²) in [5.74, 6) is -0.862. The molecule has 0 amide bonds. The molecular weight excluding hydrogens is 394 g/mol. The number of aliphatic carboxylic acids is 1. The number of nitro benzene ring substituents is 1. The van der Waals surface area contributed by atoms with Gasteiger partial charge in [0.1, 0.15) is 12.3 Å². The zero-order valence-corrected chi connectivity index (χ0v) is 16.7. The molecule has 0 spiro atoms. The largest absolute Gasteiger partial charge is 0.481 e. The fraction of sp³-hybridized carbons (Fsp3) is 0.350. The molecule has 1 heterocycles. The van der Waals surface area contributed by atoms with Crippen LogP contribution in [-0.2, 0) is 19.1 Å². The highest BCUT2D eigenvalue weighted by atomic mass is 16.7. The van der Waals surface area contributed by atoms with Crippen molar-refractivity contribution in [2.24, 2.45) is 5.16 Å². The van der Waals surface area contributed by atoms with Crippen LogP contribution in [0.1, 0.15) is 42.2 Å². The Hall–Kier alpha value is -3.37. The van der Waals surface area contributed by atoms with E-state index in [4.69, 9.17) is 19.4 Å². The predicted octanol–water partition coefficient (Wildman–Crippen LogP) is 3.31. The Labute approximate surface area is 173 Å². The second-order valence-electron chi connectivity index (χ2n) is 6.20. The molecule has 0 saturated carbocycles. The number of rotatable bonds is 12. The van der Waals surface area contributed by atoms with Gasteiger partial charge in [-0.1, -0.05) is 5.16 Å². The molecule has 2 rings (SSSR count). The third-order valence-electron chi connectivity index (χ3n) is 4.15. The van der Waals surface area contributed by atoms with Crippen molar-refractivity contribution in [2.75, 3.05) is 20.8 Å². The van der Waals surface area contributed by atoms with Crippen molar-refractivity contribution in [3.05, 3.63) is 69.5 Å². The SMILES string of the molecule is COC(OC)c1cc(C(=NOCCCCC(=O)O)c2cccnc2)ccc1[N+](=O)[O-]. The van der Waals surface area contributed by atoms with Gasteiger partial charge < -0.3 is 19.4 Å². The summed E-state index contributed by atoms with van der Waals surface area (Å²) in [5, 5.41) is 24.3. The Bertz CT molecular complexity index is 883. The lowest BCUT2D eigenvalue weighted by atomic mass is 10.0. The zero-order valence-electron chi connectivity index (χ0n) is 16.7. The molecule has 1 aromatic carbocycles. The van der Waals surface area contributed by atoms with E-state index in [1.165, 1.54) is 20.3 Å². The lowest BCUT2D eigenvalue weighted by Gasteiger charge is -2.15. The van der Waals surface area contributed by atoms with Gasteiger partial charge in [-0.2, -0.15) is 0 Å². The second-order valence-corrected chi connectivity index (χ2v) is 6.20. The van der Waals surface area contributed by atoms with E-state index in [0.717, 1.165) is 0 Å². The van der Waals surface area contributed by atoms with Crippen LogP contribution >= 0.6 is 0 Å². The Morgan fingerprint density at radius 3 is 2.60 bits per heavy atom. The number of oxime groups is 1. The van der Waals surface area contributed by atoms with Crippen molar-refractivity contribution in [1.82, 2.24) is 4.98 Å². The van der Waals surface area contributed by atoms with Crippen LogP contribution in [0, 0.1) is 10.1 Å². The molecular formula is C20H23N3O7. The van der Waals surface area contributed by atoms with Gasteiger partial charge in [-0.05, 0) is 37.1 Å². The number of carboxylic acid groups (broad SMARTS) is 1. The van der Waals surface area contributed by atoms with E-state index in [1.54, 1.807) is 36.7 Å². The summed E-state index contributed by atoms with van der Waals surface area (Å²) < 4.78 is 10.4. The van der Waals surface area contributed by atoms with Gasteiger partial charge in [0.05, 0.1) is 10.5 Å². The average molecular weight is 417 g/mol. The quantitative estimate of drug-likeness (QED) is 0.183. The molecule has 0 aliphatic heterocycles. The van der Waals surface area contributed by atoms with E-state index in [9.17, 15) is 14.9 Å². The standard InChI is InChI=1S/C20H23N3O7/c1-28-20(29-2)16-12-14(8-9-17(16)23(26)27)19(15-6-5-10-21-13-15)22-30-11-4-3-7-18(24)25/h5-6,8-10,12-13,20H,3-4,7,11H2,1-2H3,(H,24,25). The normalized spacial score (nSPS) is 11.5. The summed E-state index contributed by atoms with van der Waals surface area (Å²) in [4.78, 5) is 31.0. The van der Waals surface area contributed by atoms with Crippen molar-refractivity contribution in [1.29, 1.82) is 0 Å². The fourth-order valence-electron chi connectivity index (χ4n) is 2.73. The molecule has 30 heavy (non-hydrogen) atoms. The highest BCUT2D eigenvalue weighted by molar-refractivity contribution is 6.12. The number of carbonyl (C=O) groups is 1. The number of methoxy groups -OCH3 is 2. The monoisotopic (exact) mass is 417 g/mol. The third kappa shape index (κ3) is 6.33. The van der Waals surface area contributed by atoms with Gasteiger partial charge in [-0.25, -0.2) is 0 Å². The molecule has 0 fully saturated rings. The minimum Gasteiger partial charge on any atom is -0.481 e. The van der Waals surface area contributed by atoms with E-state index in [2.05, 4.69) is 10.1 Å². The summed E-state index contributed by atoms with van der Waals surface area (Å²) in [5.41, 5.74) is 1.71. The van der Waals surface area contributed by atoms with Gasteiger partial charge >= 0.3 is 5.97 Å². The minimum atomic E-state index is -0.933. The lowest BCUT2D eigenvalue weighted by molar-refractivity contribution is -0.387. The molecule has 1 aromatic heterocycles. The van der Waals surface area contributed by atoms with Crippen LogP contribution in [0.5, 0.6) is 0 Å². The molecule has 10 nitrogen and oxygen atoms in total. The highest BCUT2D eigenvalue weighted by Gasteiger charge is 2.24. The number of nitro groups is 1. The second kappa shape index (κ2) is 11.6. The number of ether oxygens (including phenoxy) is 2. The van der Waals surface area contributed by atoms with Crippen LogP contribution < -0.4 is 0 Å². The highest BCUT2D eigenvalue weighted by Crippen LogP contribution is 2.29. The average Bonchev–Trinajstić information content (AvgIpc) is 2.74. The van der Waals surface area contributed by atoms with Crippen molar-refractivity contribution in [3.63, 3.8) is 0 Å². The number of hydrogen-bond acceptors (Lipinski definition) is 8. The number of carboxylic acids is 1. The summed E-state index contributed by atoms with van der Waals surface area (Å²) in [6, 6.07) is 8.00. The molecule has 2 aromatic rings. The molecule has 0 unspecified atom stereocenters. The molecule has 0 radical (unpaired) electrons. The van der Waals surface area contributed by atoms with Crippen molar-refractivity contribution < 1.29 is 29.1 Å². The van der Waals surface area contributed by atoms with Crippen LogP contribution in [0.15, 0.2) is 47.9 Å². The third-order valence-corrected chi connectivity index (χ3v) is 4.15. The molecule has 0 bridgehead atoms. The first kappa shape index (κ1) is 22.9. The van der Waals surface area contributed by atoms with Crippen LogP contribution in [0.2, 0.25) is 0 Å². The van der Waals surface area contributed by atoms with Gasteiger partial charge in [-0.3, -0.25) is 19.9 Å². The van der Waals surface area contributed by atoms with E-state index < -0.39 is 17.2 Å². The van der Waals surface area contributed by atoms with Gasteiger partial charge in [0, 0.05) is 50.2 Å². The predicted molar refractivity (Wildman–Crippen MR) is 107 cm³/mol. The molecule has 0 aliphatic carbocycles. The molecule has 10 heteroatoms. The van der Waals surface area contributed by atoms with Crippen molar-refractivity contribution >= 4 is 17.4 Å². The fourth-order valence-corrected chi connectivity index (χ4v) is 2.73. The number of aromatic nitrogens is 1. The van der Waals surface area contributed by atoms with Crippen LogP contribution in [0.3, 0.4) is 0 Å². The van der Waals surface area contributed by atoms with Crippen LogP contribution in [0.4, 0.5) is 5.69 Å². The summed E-state index contributed by atoms with van der Waals surface area (Å²) in [7, 11) is 2.78. The molecule has 160 valence electrons. The lowest BCUT2D eigenvalue weighted by Crippen LogP contribution is -2.11. The Balaban J connectivity index is 2.36. The smallest absolute Gasteiger partial charge is 0.303 e. The minimum absolute atomic E-state index is 0.0592. The van der Waals surface area contributed by atoms with E-state index in [1.807, 2.05) is 0 Å². The zero-order chi connectivity index (χ0) is 21.9. The summed E-state index contributed by atoms with van der Waals surface area (Å²) >= 11 is 0. The topological polar surface area (TPSA) is 133 Å². The first-order valence-corrected chi connectivity index (χ1v) is 9.14. The van der Waals surface area contributed by atoms with Crippen molar-refractivity contribution in [3.8, 4) is 0 Å². The Morgan fingerprint density at radius 2 is 2.00 bits per heavy atom. The number of benzene rings is 1. The summed E-state index contributed by atoms with van der Waals surface area (Å²) in [6.07, 6.45) is 3.33. The summed E-state index contributed by atoms with van der Waals surface area (Å²) in [6.45, 7) is 0.232. The van der Waals surface area contributed by atoms with E-state index >= 15 is 0 Å². The number of pyridine rings is 1.